The maximum atomic E-state index is 6.87. The molecule has 0 aliphatic rings. The molecule has 2 aromatic carbocycles. The summed E-state index contributed by atoms with van der Waals surface area (Å²) in [6, 6.07) is 13.1. The molecule has 0 N–H and O–H groups in total. The quantitative estimate of drug-likeness (QED) is 0.190. The molecule has 33 heavy (non-hydrogen) atoms. The van der Waals surface area contributed by atoms with Gasteiger partial charge in [-0.05, 0) is 0 Å². The van der Waals surface area contributed by atoms with Crippen LogP contribution in [0.4, 0.5) is 0 Å². The van der Waals surface area contributed by atoms with Gasteiger partial charge in [-0.25, -0.2) is 0 Å². The molecule has 0 aromatic heterocycles. The number of benzene rings is 2. The molecule has 0 spiro atoms. The SMILES string of the molecule is CCCc1cccc([O][Sn]([CH3])([CH3])[O][Sn]([CH3])([CH3])[O]c2cccc(CCC)c2CCC)c1CCC. The first-order valence-corrected chi connectivity index (χ1v) is 29.0. The van der Waals surface area contributed by atoms with Crippen molar-refractivity contribution in [2.45, 2.75) is 98.8 Å². The van der Waals surface area contributed by atoms with Gasteiger partial charge in [-0.3, -0.25) is 0 Å². The topological polar surface area (TPSA) is 27.7 Å². The zero-order chi connectivity index (χ0) is 24.5. The molecule has 0 aliphatic carbocycles. The van der Waals surface area contributed by atoms with Crippen LogP contribution in [0.2, 0.25) is 19.8 Å². The van der Waals surface area contributed by atoms with E-state index in [2.05, 4.69) is 83.9 Å². The van der Waals surface area contributed by atoms with Crippen LogP contribution >= 0.6 is 0 Å². The predicted molar refractivity (Wildman–Crippen MR) is 146 cm³/mol. The van der Waals surface area contributed by atoms with Crippen LogP contribution < -0.4 is 6.15 Å². The Balaban J connectivity index is 2.24. The van der Waals surface area contributed by atoms with Crippen LogP contribution in [0.25, 0.3) is 0 Å². The normalized spacial score (nSPS) is 12.1. The molecule has 0 unspecified atom stereocenters. The van der Waals surface area contributed by atoms with Crippen molar-refractivity contribution in [2.24, 2.45) is 0 Å². The molecule has 2 rings (SSSR count). The third-order valence-electron chi connectivity index (χ3n) is 5.70. The van der Waals surface area contributed by atoms with Crippen molar-refractivity contribution in [3.63, 3.8) is 0 Å². The summed E-state index contributed by atoms with van der Waals surface area (Å²) >= 11 is -6.60. The van der Waals surface area contributed by atoms with Crippen molar-refractivity contribution in [1.29, 1.82) is 0 Å². The molecule has 0 atom stereocenters. The van der Waals surface area contributed by atoms with Gasteiger partial charge in [0.05, 0.1) is 0 Å². The van der Waals surface area contributed by atoms with Crippen LogP contribution in [-0.4, -0.2) is 38.4 Å². The van der Waals surface area contributed by atoms with E-state index in [9.17, 15) is 0 Å². The second kappa shape index (κ2) is 13.6. The van der Waals surface area contributed by atoms with Gasteiger partial charge in [0.15, 0.2) is 0 Å². The number of hydrogen-bond donors (Lipinski definition) is 0. The van der Waals surface area contributed by atoms with Gasteiger partial charge < -0.3 is 0 Å². The molecule has 0 bridgehead atoms. The predicted octanol–water partition coefficient (Wildman–Crippen LogP) is 8.37. The zero-order valence-electron chi connectivity index (χ0n) is 22.3. The van der Waals surface area contributed by atoms with E-state index in [0.717, 1.165) is 62.9 Å². The summed E-state index contributed by atoms with van der Waals surface area (Å²) in [5, 5.41) is 0. The van der Waals surface area contributed by atoms with Gasteiger partial charge in [0, 0.05) is 0 Å². The van der Waals surface area contributed by atoms with E-state index in [1.807, 2.05) is 0 Å². The Kier molecular flexibility index (Phi) is 11.9. The van der Waals surface area contributed by atoms with Gasteiger partial charge in [0.2, 0.25) is 0 Å². The molecule has 0 amide bonds. The van der Waals surface area contributed by atoms with E-state index in [4.69, 9.17) is 7.56 Å². The fourth-order valence-corrected chi connectivity index (χ4v) is 36.6. The van der Waals surface area contributed by atoms with Crippen molar-refractivity contribution in [1.82, 2.24) is 0 Å². The molecule has 0 radical (unpaired) electrons. The molecule has 0 fully saturated rings. The van der Waals surface area contributed by atoms with Gasteiger partial charge in [0.25, 0.3) is 0 Å². The standard InChI is InChI=1S/2C12H18O.4CH3.O.2Sn/c2*1-3-6-10-8-5-9-12(13)11(10)7-4-2;;;;;;;/h2*5,8-9,13H,3-4,6-7H2,1-2H3;4*1H3;;;/q;;;;;;;2*+1/p-2. The first-order valence-electron chi connectivity index (χ1n) is 13.0. The number of rotatable bonds is 14. The van der Waals surface area contributed by atoms with E-state index < -0.39 is 38.4 Å². The van der Waals surface area contributed by atoms with E-state index in [1.165, 1.54) is 22.3 Å². The van der Waals surface area contributed by atoms with Crippen LogP contribution in [0.15, 0.2) is 36.4 Å². The van der Waals surface area contributed by atoms with Gasteiger partial charge in [-0.1, -0.05) is 0 Å². The molecule has 2 aromatic rings. The molecule has 184 valence electrons. The molecule has 0 saturated carbocycles. The molecule has 0 heterocycles. The maximum absolute atomic E-state index is 6.87. The van der Waals surface area contributed by atoms with E-state index in [0.29, 0.717) is 0 Å². The summed E-state index contributed by atoms with van der Waals surface area (Å²) in [5.74, 6) is 2.09. The molecule has 5 heteroatoms. The molecular formula is C28H46O3Sn2. The van der Waals surface area contributed by atoms with Crippen molar-refractivity contribution < 1.29 is 7.56 Å². The van der Waals surface area contributed by atoms with Crippen LogP contribution in [0.1, 0.15) is 75.6 Å². The van der Waals surface area contributed by atoms with Crippen LogP contribution in [-0.2, 0) is 27.1 Å². The molecule has 0 aliphatic heterocycles. The fraction of sp³-hybridized carbons (Fsp3) is 0.571. The zero-order valence-corrected chi connectivity index (χ0v) is 28.1. The van der Waals surface area contributed by atoms with Crippen LogP contribution in [0, 0.1) is 0 Å². The summed E-state index contributed by atoms with van der Waals surface area (Å²) in [7, 11) is 0. The van der Waals surface area contributed by atoms with Crippen LogP contribution in [0.5, 0.6) is 11.5 Å². The van der Waals surface area contributed by atoms with Gasteiger partial charge in [-0.2, -0.15) is 0 Å². The molecule has 0 saturated heterocycles. The number of hydrogen-bond acceptors (Lipinski definition) is 3. The average Bonchev–Trinajstić information content (AvgIpc) is 2.72. The Morgan fingerprint density at radius 2 is 0.909 bits per heavy atom. The fourth-order valence-electron chi connectivity index (χ4n) is 4.65. The Bertz CT molecular complexity index is 806. The van der Waals surface area contributed by atoms with Crippen molar-refractivity contribution in [3.8, 4) is 11.5 Å². The summed E-state index contributed by atoms with van der Waals surface area (Å²) < 4.78 is 20.4. The monoisotopic (exact) mass is 670 g/mol. The average molecular weight is 668 g/mol. The van der Waals surface area contributed by atoms with E-state index in [-0.39, 0.29) is 0 Å². The van der Waals surface area contributed by atoms with Gasteiger partial charge in [-0.15, -0.1) is 0 Å². The Hall–Kier alpha value is -0.403. The van der Waals surface area contributed by atoms with Crippen LogP contribution in [0.3, 0.4) is 0 Å². The number of aryl methyl sites for hydroxylation is 2. The van der Waals surface area contributed by atoms with Crippen molar-refractivity contribution in [2.75, 3.05) is 0 Å². The second-order valence-corrected chi connectivity index (χ2v) is 31.5. The van der Waals surface area contributed by atoms with Gasteiger partial charge in [0.1, 0.15) is 0 Å². The first-order chi connectivity index (χ1) is 15.7. The third-order valence-corrected chi connectivity index (χ3v) is 31.4. The molecular weight excluding hydrogens is 622 g/mol. The minimum atomic E-state index is -3.30. The van der Waals surface area contributed by atoms with E-state index >= 15 is 0 Å². The molecule has 3 nitrogen and oxygen atoms in total. The summed E-state index contributed by atoms with van der Waals surface area (Å²) in [5.41, 5.74) is 5.60. The van der Waals surface area contributed by atoms with Crippen molar-refractivity contribution >= 4 is 38.4 Å². The second-order valence-electron chi connectivity index (χ2n) is 9.89. The van der Waals surface area contributed by atoms with E-state index in [1.54, 1.807) is 0 Å². The van der Waals surface area contributed by atoms with Crippen molar-refractivity contribution in [3.05, 3.63) is 58.7 Å². The summed E-state index contributed by atoms with van der Waals surface area (Å²) in [6.07, 6.45) is 8.86. The minimum absolute atomic E-state index is 1.04. The Morgan fingerprint density at radius 3 is 1.24 bits per heavy atom. The Labute approximate surface area is 213 Å². The Morgan fingerprint density at radius 1 is 0.545 bits per heavy atom. The summed E-state index contributed by atoms with van der Waals surface area (Å²) in [6.45, 7) is 8.97. The summed E-state index contributed by atoms with van der Waals surface area (Å²) in [4.78, 5) is 8.94. The third kappa shape index (κ3) is 8.95. The van der Waals surface area contributed by atoms with Gasteiger partial charge >= 0.3 is 215 Å². The first kappa shape index (κ1) is 28.8.